The molecule has 3 aromatic rings. The second-order valence-corrected chi connectivity index (χ2v) is 9.13. The number of aromatic hydroxyl groups is 1. The fraction of sp³-hybridized carbons (Fsp3) is 0.296. The van der Waals surface area contributed by atoms with Gasteiger partial charge in [0.2, 0.25) is 6.29 Å². The van der Waals surface area contributed by atoms with Crippen molar-refractivity contribution in [1.82, 2.24) is 4.98 Å². The summed E-state index contributed by atoms with van der Waals surface area (Å²) in [5.74, 6) is -4.62. The zero-order valence-corrected chi connectivity index (χ0v) is 20.9. The van der Waals surface area contributed by atoms with Gasteiger partial charge in [-0.3, -0.25) is 24.2 Å². The molecule has 208 valence electrons. The monoisotopic (exact) mass is 559 g/mol. The van der Waals surface area contributed by atoms with Gasteiger partial charge in [0, 0.05) is 42.1 Å². The smallest absolute Gasteiger partial charge is 0.418 e. The lowest BCUT2D eigenvalue weighted by molar-refractivity contribution is -0.317. The minimum absolute atomic E-state index is 0.0229. The van der Waals surface area contributed by atoms with Crippen molar-refractivity contribution < 1.29 is 56.4 Å². The molecule has 1 aliphatic carbocycles. The third kappa shape index (κ3) is 4.62. The van der Waals surface area contributed by atoms with E-state index in [-0.39, 0.29) is 27.6 Å². The first-order chi connectivity index (χ1) is 18.9. The Labute approximate surface area is 223 Å². The molecule has 10 nitrogen and oxygen atoms in total. The molecule has 2 heterocycles. The number of fused-ring (bicyclic) bond motifs is 4. The Balaban J connectivity index is 1.62. The zero-order chi connectivity index (χ0) is 28.9. The lowest BCUT2D eigenvalue weighted by atomic mass is 9.81. The molecule has 40 heavy (non-hydrogen) atoms. The third-order valence-corrected chi connectivity index (χ3v) is 6.44. The minimum Gasteiger partial charge on any atom is -0.504 e. The van der Waals surface area contributed by atoms with Crippen LogP contribution in [-0.4, -0.2) is 64.4 Å². The van der Waals surface area contributed by atoms with Crippen LogP contribution in [0, 0.1) is 0 Å². The number of benzene rings is 2. The van der Waals surface area contributed by atoms with Crippen LogP contribution in [0.15, 0.2) is 42.6 Å². The summed E-state index contributed by atoms with van der Waals surface area (Å²) in [6.07, 6.45) is -12.6. The first-order valence-corrected chi connectivity index (χ1v) is 11.9. The summed E-state index contributed by atoms with van der Waals surface area (Å²) in [5.41, 5.74) is -0.534. The number of hydrogen-bond donors (Lipinski definition) is 1. The van der Waals surface area contributed by atoms with Crippen molar-refractivity contribution >= 4 is 34.4 Å². The molecule has 0 saturated carbocycles. The van der Waals surface area contributed by atoms with Gasteiger partial charge < -0.3 is 24.1 Å². The molecule has 2 aliphatic rings. The average molecular weight is 559 g/mol. The maximum absolute atomic E-state index is 14.0. The number of pyridine rings is 1. The van der Waals surface area contributed by atoms with Gasteiger partial charge in [0.15, 0.2) is 35.3 Å². The van der Waals surface area contributed by atoms with Gasteiger partial charge in [0.1, 0.15) is 11.6 Å². The number of aromatic nitrogens is 1. The molecular weight excluding hydrogens is 539 g/mol. The van der Waals surface area contributed by atoms with E-state index in [1.165, 1.54) is 36.5 Å². The number of nitrogens with zero attached hydrogens (tertiary/aromatic N) is 1. The summed E-state index contributed by atoms with van der Waals surface area (Å²) in [5, 5.41) is 11.3. The van der Waals surface area contributed by atoms with E-state index >= 15 is 0 Å². The number of halogens is 3. The van der Waals surface area contributed by atoms with Gasteiger partial charge in [0.25, 0.3) is 0 Å². The van der Waals surface area contributed by atoms with Crippen LogP contribution >= 0.6 is 0 Å². The molecule has 1 aliphatic heterocycles. The predicted octanol–water partition coefficient (Wildman–Crippen LogP) is 3.64. The number of phenols is 1. The fourth-order valence-electron chi connectivity index (χ4n) is 4.93. The Hall–Kier alpha value is -4.52. The number of hydrogen-bond acceptors (Lipinski definition) is 10. The van der Waals surface area contributed by atoms with Crippen molar-refractivity contribution in [3.8, 4) is 11.5 Å². The van der Waals surface area contributed by atoms with E-state index in [4.69, 9.17) is 18.9 Å². The minimum atomic E-state index is -5.09. The fourth-order valence-corrected chi connectivity index (χ4v) is 4.93. The second-order valence-electron chi connectivity index (χ2n) is 9.13. The summed E-state index contributed by atoms with van der Waals surface area (Å²) < 4.78 is 62.7. The van der Waals surface area contributed by atoms with E-state index < -0.39 is 77.8 Å². The van der Waals surface area contributed by atoms with Crippen molar-refractivity contribution in [1.29, 1.82) is 0 Å². The van der Waals surface area contributed by atoms with Crippen LogP contribution in [0.4, 0.5) is 13.2 Å². The number of ketones is 2. The van der Waals surface area contributed by atoms with Gasteiger partial charge in [-0.2, -0.15) is 13.2 Å². The number of phenolic OH excluding ortho intramolecular Hbond substituents is 1. The standard InChI is InChI=1S/C27H20F3NO9/c1-11(32)37-16-10-17(40-26(27(28,29)30)24(16)38-12(2)33)39-25-20-15(8-5-9-31-20)18-19(23(25)36)22(35)14-7-4-3-6-13(14)21(18)34/h3-9,16-17,24,26,36H,10H2,1-2H3/t16-,17-,24-,26+/m0/s1. The highest BCUT2D eigenvalue weighted by Crippen LogP contribution is 2.46. The van der Waals surface area contributed by atoms with Crippen LogP contribution in [0.3, 0.4) is 0 Å². The van der Waals surface area contributed by atoms with Crippen LogP contribution in [-0.2, 0) is 23.8 Å². The average Bonchev–Trinajstić information content (AvgIpc) is 2.88. The Morgan fingerprint density at radius 3 is 2.20 bits per heavy atom. The number of alkyl halides is 3. The van der Waals surface area contributed by atoms with Crippen molar-refractivity contribution in [2.24, 2.45) is 0 Å². The van der Waals surface area contributed by atoms with E-state index in [9.17, 15) is 37.5 Å². The molecule has 1 saturated heterocycles. The maximum atomic E-state index is 14.0. The van der Waals surface area contributed by atoms with E-state index in [1.807, 2.05) is 0 Å². The van der Waals surface area contributed by atoms with E-state index in [0.29, 0.717) is 0 Å². The second kappa shape index (κ2) is 9.90. The number of carbonyl (C=O) groups is 4. The topological polar surface area (TPSA) is 138 Å². The van der Waals surface area contributed by atoms with Gasteiger partial charge in [-0.05, 0) is 6.07 Å². The lowest BCUT2D eigenvalue weighted by Crippen LogP contribution is -2.58. The molecular formula is C27H20F3NO9. The third-order valence-electron chi connectivity index (χ3n) is 6.44. The SMILES string of the molecule is CC(=O)O[C@H]1[C@@H](OC(C)=O)C[C@@H](Oc2c(O)c3c(c4cccnc24)C(=O)c2ccccc2C3=O)O[C@H]1C(F)(F)F. The first kappa shape index (κ1) is 27.1. The molecule has 1 fully saturated rings. The highest BCUT2D eigenvalue weighted by Gasteiger charge is 2.56. The van der Waals surface area contributed by atoms with Crippen molar-refractivity contribution in [3.05, 3.63) is 64.8 Å². The number of rotatable bonds is 4. The van der Waals surface area contributed by atoms with Gasteiger partial charge in [-0.15, -0.1) is 0 Å². The quantitative estimate of drug-likeness (QED) is 0.369. The van der Waals surface area contributed by atoms with Gasteiger partial charge in [0.05, 0.1) is 12.0 Å². The number of ether oxygens (including phenoxy) is 4. The van der Waals surface area contributed by atoms with Crippen molar-refractivity contribution in [2.45, 2.75) is 51.0 Å². The number of carbonyl (C=O) groups excluding carboxylic acids is 4. The van der Waals surface area contributed by atoms with Gasteiger partial charge in [-0.25, -0.2) is 0 Å². The van der Waals surface area contributed by atoms with E-state index in [1.54, 1.807) is 6.07 Å². The molecule has 5 rings (SSSR count). The Morgan fingerprint density at radius 1 is 0.975 bits per heavy atom. The summed E-state index contributed by atoms with van der Waals surface area (Å²) in [4.78, 5) is 54.1. The molecule has 0 unspecified atom stereocenters. The summed E-state index contributed by atoms with van der Waals surface area (Å²) in [7, 11) is 0. The van der Waals surface area contributed by atoms with Gasteiger partial charge in [-0.1, -0.05) is 30.3 Å². The largest absolute Gasteiger partial charge is 0.504 e. The normalized spacial score (nSPS) is 22.3. The van der Waals surface area contributed by atoms with Crippen LogP contribution < -0.4 is 4.74 Å². The molecule has 0 radical (unpaired) electrons. The van der Waals surface area contributed by atoms with E-state index in [2.05, 4.69) is 4.98 Å². The number of esters is 2. The maximum Gasteiger partial charge on any atom is 0.418 e. The molecule has 1 aromatic heterocycles. The summed E-state index contributed by atoms with van der Waals surface area (Å²) >= 11 is 0. The van der Waals surface area contributed by atoms with Crippen LogP contribution in [0.25, 0.3) is 10.9 Å². The highest BCUT2D eigenvalue weighted by atomic mass is 19.4. The molecule has 0 amide bonds. The molecule has 1 N–H and O–H groups in total. The van der Waals surface area contributed by atoms with Crippen LogP contribution in [0.2, 0.25) is 0 Å². The molecule has 0 spiro atoms. The molecule has 13 heteroatoms. The lowest BCUT2D eigenvalue weighted by Gasteiger charge is -2.40. The summed E-state index contributed by atoms with van der Waals surface area (Å²) in [6.45, 7) is 1.85. The zero-order valence-electron chi connectivity index (χ0n) is 20.9. The molecule has 0 bridgehead atoms. The van der Waals surface area contributed by atoms with Crippen molar-refractivity contribution in [3.63, 3.8) is 0 Å². The van der Waals surface area contributed by atoms with Crippen LogP contribution in [0.5, 0.6) is 11.5 Å². The van der Waals surface area contributed by atoms with Gasteiger partial charge >= 0.3 is 18.1 Å². The molecule has 2 aromatic carbocycles. The van der Waals surface area contributed by atoms with Crippen LogP contribution in [0.1, 0.15) is 52.1 Å². The Morgan fingerprint density at radius 2 is 1.60 bits per heavy atom. The first-order valence-electron chi connectivity index (χ1n) is 11.9. The highest BCUT2D eigenvalue weighted by molar-refractivity contribution is 6.33. The molecule has 4 atom stereocenters. The predicted molar refractivity (Wildman–Crippen MR) is 128 cm³/mol. The Kier molecular flexibility index (Phi) is 6.70. The van der Waals surface area contributed by atoms with E-state index in [0.717, 1.165) is 13.8 Å². The summed E-state index contributed by atoms with van der Waals surface area (Å²) in [6, 6.07) is 8.90. The van der Waals surface area contributed by atoms with Crippen molar-refractivity contribution in [2.75, 3.05) is 0 Å². The Bertz CT molecular complexity index is 1570.